The highest BCUT2D eigenvalue weighted by Crippen LogP contribution is 2.19. The van der Waals surface area contributed by atoms with E-state index in [1.807, 2.05) is 12.1 Å². The summed E-state index contributed by atoms with van der Waals surface area (Å²) in [7, 11) is 0. The maximum atomic E-state index is 12.2. The number of nitrogens with zero attached hydrogens (tertiary/aromatic N) is 1. The monoisotopic (exact) mass is 318 g/mol. The van der Waals surface area contributed by atoms with E-state index in [4.69, 9.17) is 0 Å². The summed E-state index contributed by atoms with van der Waals surface area (Å²) in [5, 5.41) is 12.2. The molecule has 0 bridgehead atoms. The normalized spacial score (nSPS) is 16.5. The van der Waals surface area contributed by atoms with E-state index in [9.17, 15) is 14.7 Å². The van der Waals surface area contributed by atoms with Crippen molar-refractivity contribution >= 4 is 17.4 Å². The molecule has 126 valence electrons. The first-order valence-corrected chi connectivity index (χ1v) is 8.28. The van der Waals surface area contributed by atoms with Crippen molar-refractivity contribution in [3.8, 4) is 0 Å². The van der Waals surface area contributed by atoms with Crippen molar-refractivity contribution in [3.63, 3.8) is 0 Å². The number of nitrogens with one attached hydrogen (secondary N) is 1. The molecule has 0 radical (unpaired) electrons. The largest absolute Gasteiger partial charge is 0.394 e. The van der Waals surface area contributed by atoms with Gasteiger partial charge in [0.25, 0.3) is 5.91 Å². The van der Waals surface area contributed by atoms with Gasteiger partial charge in [0.05, 0.1) is 12.6 Å². The Labute approximate surface area is 137 Å². The molecule has 1 saturated heterocycles. The summed E-state index contributed by atoms with van der Waals surface area (Å²) in [6.07, 6.45) is 1.94. The van der Waals surface area contributed by atoms with Gasteiger partial charge in [0.15, 0.2) is 0 Å². The van der Waals surface area contributed by atoms with Crippen LogP contribution in [0.4, 0.5) is 5.69 Å². The lowest BCUT2D eigenvalue weighted by atomic mass is 10.0. The Hall–Kier alpha value is -1.88. The molecular formula is C18H26N2O3. The number of rotatable bonds is 6. The average Bonchev–Trinajstić information content (AvgIpc) is 2.54. The number of aliphatic hydroxyl groups is 1. The number of carbonyl (C=O) groups is 2. The molecule has 2 rings (SSSR count). The van der Waals surface area contributed by atoms with E-state index < -0.39 is 0 Å². The Bertz CT molecular complexity index is 530. The van der Waals surface area contributed by atoms with Crippen molar-refractivity contribution in [2.75, 3.05) is 24.6 Å². The number of Topliss-reactive ketones (excluding diaryl/α,β-unsaturated/α-hetero) is 1. The molecule has 1 fully saturated rings. The zero-order chi connectivity index (χ0) is 16.8. The second-order valence-corrected chi connectivity index (χ2v) is 6.56. The van der Waals surface area contributed by atoms with Gasteiger partial charge in [-0.25, -0.2) is 0 Å². The molecule has 0 unspecified atom stereocenters. The fraction of sp³-hybridized carbons (Fsp3) is 0.556. The summed E-state index contributed by atoms with van der Waals surface area (Å²) in [6, 6.07) is 7.22. The molecular weight excluding hydrogens is 292 g/mol. The van der Waals surface area contributed by atoms with Crippen molar-refractivity contribution in [1.29, 1.82) is 0 Å². The minimum atomic E-state index is -0.213. The zero-order valence-electron chi connectivity index (χ0n) is 13.9. The number of ketones is 1. The van der Waals surface area contributed by atoms with Gasteiger partial charge in [-0.3, -0.25) is 9.59 Å². The number of hydrogen-bond donors (Lipinski definition) is 2. The Balaban J connectivity index is 1.95. The van der Waals surface area contributed by atoms with Gasteiger partial charge in [0.1, 0.15) is 5.78 Å². The van der Waals surface area contributed by atoms with E-state index >= 15 is 0 Å². The van der Waals surface area contributed by atoms with E-state index in [0.29, 0.717) is 30.1 Å². The lowest BCUT2D eigenvalue weighted by Gasteiger charge is -2.28. The Morgan fingerprint density at radius 1 is 1.22 bits per heavy atom. The van der Waals surface area contributed by atoms with Gasteiger partial charge in [0, 0.05) is 37.2 Å². The van der Waals surface area contributed by atoms with Crippen LogP contribution in [-0.4, -0.2) is 42.5 Å². The van der Waals surface area contributed by atoms with Crippen molar-refractivity contribution < 1.29 is 14.7 Å². The Kier molecular flexibility index (Phi) is 6.16. The van der Waals surface area contributed by atoms with Crippen molar-refractivity contribution in [3.05, 3.63) is 29.8 Å². The average molecular weight is 318 g/mol. The fourth-order valence-corrected chi connectivity index (χ4v) is 2.85. The molecule has 0 saturated carbocycles. The van der Waals surface area contributed by atoms with E-state index in [2.05, 4.69) is 24.1 Å². The topological polar surface area (TPSA) is 69.6 Å². The van der Waals surface area contributed by atoms with Crippen LogP contribution in [0.15, 0.2) is 24.3 Å². The molecule has 1 atom stereocenters. The summed E-state index contributed by atoms with van der Waals surface area (Å²) in [5.41, 5.74) is 1.62. The molecule has 0 spiro atoms. The molecule has 1 aliphatic heterocycles. The van der Waals surface area contributed by atoms with Gasteiger partial charge in [-0.15, -0.1) is 0 Å². The van der Waals surface area contributed by atoms with Crippen molar-refractivity contribution in [1.82, 2.24) is 5.32 Å². The quantitative estimate of drug-likeness (QED) is 0.841. The van der Waals surface area contributed by atoms with Gasteiger partial charge in [-0.1, -0.05) is 13.8 Å². The van der Waals surface area contributed by atoms with Crippen LogP contribution in [0.5, 0.6) is 0 Å². The summed E-state index contributed by atoms with van der Waals surface area (Å²) in [4.78, 5) is 25.7. The van der Waals surface area contributed by atoms with Gasteiger partial charge in [0.2, 0.25) is 0 Å². The lowest BCUT2D eigenvalue weighted by molar-refractivity contribution is -0.119. The van der Waals surface area contributed by atoms with Crippen LogP contribution in [-0.2, 0) is 4.79 Å². The number of amides is 1. The van der Waals surface area contributed by atoms with Crippen LogP contribution in [0.1, 0.15) is 43.5 Å². The van der Waals surface area contributed by atoms with Gasteiger partial charge in [-0.05, 0) is 36.6 Å². The summed E-state index contributed by atoms with van der Waals surface area (Å²) in [5.74, 6) is 0.569. The van der Waals surface area contributed by atoms with Gasteiger partial charge in [-0.2, -0.15) is 0 Å². The predicted octanol–water partition coefficient (Wildman–Crippen LogP) is 1.99. The molecule has 2 N–H and O–H groups in total. The minimum absolute atomic E-state index is 0.0518. The van der Waals surface area contributed by atoms with Crippen LogP contribution in [0, 0.1) is 5.92 Å². The molecule has 5 nitrogen and oxygen atoms in total. The molecule has 0 aliphatic carbocycles. The van der Waals surface area contributed by atoms with Gasteiger partial charge < -0.3 is 15.3 Å². The van der Waals surface area contributed by atoms with Crippen LogP contribution in [0.3, 0.4) is 0 Å². The van der Waals surface area contributed by atoms with Crippen LogP contribution in [0.2, 0.25) is 0 Å². The Morgan fingerprint density at radius 3 is 2.35 bits per heavy atom. The van der Waals surface area contributed by atoms with Crippen LogP contribution in [0.25, 0.3) is 0 Å². The molecule has 5 heteroatoms. The van der Waals surface area contributed by atoms with E-state index in [1.54, 1.807) is 12.1 Å². The molecule has 1 aliphatic rings. The third kappa shape index (κ3) is 5.06. The first-order valence-electron chi connectivity index (χ1n) is 8.28. The molecule has 1 aromatic carbocycles. The van der Waals surface area contributed by atoms with Gasteiger partial charge >= 0.3 is 0 Å². The zero-order valence-corrected chi connectivity index (χ0v) is 13.9. The summed E-state index contributed by atoms with van der Waals surface area (Å²) >= 11 is 0. The van der Waals surface area contributed by atoms with Crippen LogP contribution < -0.4 is 10.2 Å². The minimum Gasteiger partial charge on any atom is -0.394 e. The highest BCUT2D eigenvalue weighted by molar-refractivity contribution is 5.94. The SMILES string of the molecule is CC(C)C[C@@H](CO)NC(=O)c1ccc(N2CCC(=O)CC2)cc1. The third-order valence-corrected chi connectivity index (χ3v) is 4.13. The fourth-order valence-electron chi connectivity index (χ4n) is 2.85. The molecule has 1 amide bonds. The standard InChI is InChI=1S/C18H26N2O3/c1-13(2)11-15(12-21)19-18(23)14-3-5-16(6-4-14)20-9-7-17(22)8-10-20/h3-6,13,15,21H,7-12H2,1-2H3,(H,19,23)/t15-/m0/s1. The highest BCUT2D eigenvalue weighted by Gasteiger charge is 2.18. The molecule has 23 heavy (non-hydrogen) atoms. The van der Waals surface area contributed by atoms with E-state index in [1.165, 1.54) is 0 Å². The highest BCUT2D eigenvalue weighted by atomic mass is 16.3. The van der Waals surface area contributed by atoms with Crippen molar-refractivity contribution in [2.24, 2.45) is 5.92 Å². The third-order valence-electron chi connectivity index (χ3n) is 4.13. The molecule has 0 aromatic heterocycles. The van der Waals surface area contributed by atoms with E-state index in [0.717, 1.165) is 25.2 Å². The van der Waals surface area contributed by atoms with Crippen LogP contribution >= 0.6 is 0 Å². The summed E-state index contributed by atoms with van der Waals surface area (Å²) in [6.45, 7) is 5.56. The first kappa shape index (κ1) is 17.5. The lowest BCUT2D eigenvalue weighted by Crippen LogP contribution is -2.38. The molecule has 1 heterocycles. The second kappa shape index (κ2) is 8.11. The summed E-state index contributed by atoms with van der Waals surface area (Å²) < 4.78 is 0. The smallest absolute Gasteiger partial charge is 0.251 e. The predicted molar refractivity (Wildman–Crippen MR) is 90.7 cm³/mol. The molecule has 1 aromatic rings. The Morgan fingerprint density at radius 2 is 1.83 bits per heavy atom. The number of benzene rings is 1. The number of aliphatic hydroxyl groups excluding tert-OH is 1. The number of carbonyl (C=O) groups excluding carboxylic acids is 2. The van der Waals surface area contributed by atoms with Crippen molar-refractivity contribution in [2.45, 2.75) is 39.2 Å². The number of hydrogen-bond acceptors (Lipinski definition) is 4. The number of piperidine rings is 1. The maximum Gasteiger partial charge on any atom is 0.251 e. The first-order chi connectivity index (χ1) is 11.0. The maximum absolute atomic E-state index is 12.2. The number of anilines is 1. The second-order valence-electron chi connectivity index (χ2n) is 6.56. The van der Waals surface area contributed by atoms with E-state index in [-0.39, 0.29) is 18.6 Å².